The summed E-state index contributed by atoms with van der Waals surface area (Å²) in [6.07, 6.45) is 0. The van der Waals surface area contributed by atoms with E-state index in [0.29, 0.717) is 22.4 Å². The first kappa shape index (κ1) is 22.1. The number of fused-ring (bicyclic) bond motifs is 1. The number of hydrogen-bond donors (Lipinski definition) is 2. The van der Waals surface area contributed by atoms with Crippen LogP contribution >= 0.6 is 23.8 Å². The lowest BCUT2D eigenvalue weighted by molar-refractivity contribution is -0.385. The molecule has 0 radical (unpaired) electrons. The van der Waals surface area contributed by atoms with E-state index in [-0.39, 0.29) is 21.4 Å². The fourth-order valence-electron chi connectivity index (χ4n) is 3.22. The second-order valence-electron chi connectivity index (χ2n) is 6.86. The molecule has 2 N–H and O–H groups in total. The number of para-hydroxylation sites is 2. The largest absolute Gasteiger partial charge is 0.422 e. The number of thiocarbonyl (C=S) groups is 1. The minimum absolute atomic E-state index is 0.0767. The highest BCUT2D eigenvalue weighted by Gasteiger charge is 2.20. The molecule has 0 atom stereocenters. The van der Waals surface area contributed by atoms with Gasteiger partial charge in [-0.25, -0.2) is 4.79 Å². The van der Waals surface area contributed by atoms with Gasteiger partial charge in [-0.3, -0.25) is 20.2 Å². The van der Waals surface area contributed by atoms with Gasteiger partial charge >= 0.3 is 5.63 Å². The average molecular weight is 480 g/mol. The van der Waals surface area contributed by atoms with E-state index in [9.17, 15) is 19.7 Å². The number of nitrogens with one attached hydrogen (secondary N) is 2. The molecule has 0 saturated heterocycles. The molecule has 0 fully saturated rings. The van der Waals surface area contributed by atoms with Crippen LogP contribution in [0.5, 0.6) is 0 Å². The minimum Gasteiger partial charge on any atom is -0.422 e. The van der Waals surface area contributed by atoms with Crippen LogP contribution in [0.4, 0.5) is 11.4 Å². The third-order valence-corrected chi connectivity index (χ3v) is 5.25. The molecule has 8 nitrogen and oxygen atoms in total. The van der Waals surface area contributed by atoms with Gasteiger partial charge in [0.25, 0.3) is 11.6 Å². The van der Waals surface area contributed by atoms with Gasteiger partial charge in [0.05, 0.1) is 15.5 Å². The molecule has 1 amide bonds. The van der Waals surface area contributed by atoms with Gasteiger partial charge in [0, 0.05) is 22.7 Å². The Morgan fingerprint density at radius 1 is 1.00 bits per heavy atom. The summed E-state index contributed by atoms with van der Waals surface area (Å²) < 4.78 is 5.36. The number of hydrogen-bond acceptors (Lipinski definition) is 6. The second kappa shape index (κ2) is 9.19. The van der Waals surface area contributed by atoms with Crippen LogP contribution in [-0.2, 0) is 0 Å². The first-order valence-corrected chi connectivity index (χ1v) is 10.3. The Kier molecular flexibility index (Phi) is 6.16. The number of halogens is 1. The van der Waals surface area contributed by atoms with E-state index < -0.39 is 16.5 Å². The van der Waals surface area contributed by atoms with E-state index in [1.54, 1.807) is 30.3 Å². The molecule has 0 aliphatic rings. The number of nitrogens with zero attached hydrogens (tertiary/aromatic N) is 1. The molecule has 164 valence electrons. The van der Waals surface area contributed by atoms with E-state index >= 15 is 0 Å². The standard InChI is InChI=1S/C23H14ClN3O5S/c24-18-12-14(25-23(33)26-21(28)16-6-2-3-7-19(16)27(30)31)9-10-15(18)17-11-13-5-1-4-8-20(13)32-22(17)29/h1-12H,(H2,25,26,28,33). The lowest BCUT2D eigenvalue weighted by atomic mass is 10.1. The maximum Gasteiger partial charge on any atom is 0.344 e. The van der Waals surface area contributed by atoms with Crippen LogP contribution in [0.15, 0.2) is 82.0 Å². The Bertz CT molecular complexity index is 1480. The van der Waals surface area contributed by atoms with Gasteiger partial charge < -0.3 is 9.73 Å². The third kappa shape index (κ3) is 4.74. The van der Waals surface area contributed by atoms with E-state index in [4.69, 9.17) is 28.2 Å². The molecule has 4 rings (SSSR count). The van der Waals surface area contributed by atoms with Gasteiger partial charge in [0.1, 0.15) is 11.1 Å². The number of benzene rings is 3. The summed E-state index contributed by atoms with van der Waals surface area (Å²) in [4.78, 5) is 35.3. The molecule has 10 heteroatoms. The van der Waals surface area contributed by atoms with Crippen molar-refractivity contribution in [3.05, 3.63) is 104 Å². The minimum atomic E-state index is -0.726. The molecule has 0 unspecified atom stereocenters. The molecule has 3 aromatic carbocycles. The Balaban J connectivity index is 1.53. The first-order valence-electron chi connectivity index (χ1n) is 9.52. The van der Waals surface area contributed by atoms with Gasteiger partial charge in [-0.1, -0.05) is 48.0 Å². The van der Waals surface area contributed by atoms with Gasteiger partial charge in [-0.2, -0.15) is 0 Å². The van der Waals surface area contributed by atoms with Crippen molar-refractivity contribution in [1.29, 1.82) is 0 Å². The molecule has 0 bridgehead atoms. The van der Waals surface area contributed by atoms with Crippen LogP contribution in [0, 0.1) is 10.1 Å². The molecule has 33 heavy (non-hydrogen) atoms. The maximum absolute atomic E-state index is 12.4. The number of carbonyl (C=O) groups excluding carboxylic acids is 1. The van der Waals surface area contributed by atoms with Gasteiger partial charge in [-0.05, 0) is 42.5 Å². The van der Waals surface area contributed by atoms with Crippen LogP contribution in [0.1, 0.15) is 10.4 Å². The zero-order chi connectivity index (χ0) is 23.5. The van der Waals surface area contributed by atoms with Crippen molar-refractivity contribution < 1.29 is 14.1 Å². The molecule has 0 aliphatic carbocycles. The van der Waals surface area contributed by atoms with Crippen molar-refractivity contribution in [2.45, 2.75) is 0 Å². The molecule has 1 aromatic heterocycles. The Morgan fingerprint density at radius 3 is 2.48 bits per heavy atom. The van der Waals surface area contributed by atoms with Crippen LogP contribution in [0.2, 0.25) is 5.02 Å². The number of amides is 1. The number of anilines is 1. The first-order chi connectivity index (χ1) is 15.8. The predicted octanol–water partition coefficient (Wildman–Crippen LogP) is 5.15. The smallest absolute Gasteiger partial charge is 0.344 e. The van der Waals surface area contributed by atoms with Crippen molar-refractivity contribution in [3.8, 4) is 11.1 Å². The van der Waals surface area contributed by atoms with E-state index in [1.165, 1.54) is 30.3 Å². The monoisotopic (exact) mass is 479 g/mol. The van der Waals surface area contributed by atoms with Crippen molar-refractivity contribution in [2.24, 2.45) is 0 Å². The molecular formula is C23H14ClN3O5S. The van der Waals surface area contributed by atoms with Gasteiger partial charge in [0.15, 0.2) is 5.11 Å². The summed E-state index contributed by atoms with van der Waals surface area (Å²) in [5.41, 5.74) is 0.710. The number of carbonyl (C=O) groups is 1. The molecule has 0 spiro atoms. The number of nitro groups is 1. The molecule has 4 aromatic rings. The maximum atomic E-state index is 12.4. The highest BCUT2D eigenvalue weighted by molar-refractivity contribution is 7.80. The third-order valence-electron chi connectivity index (χ3n) is 4.73. The Morgan fingerprint density at radius 2 is 1.73 bits per heavy atom. The summed E-state index contributed by atoms with van der Waals surface area (Å²) in [5, 5.41) is 17.3. The van der Waals surface area contributed by atoms with Crippen LogP contribution < -0.4 is 16.3 Å². The molecule has 1 heterocycles. The summed E-state index contributed by atoms with van der Waals surface area (Å²) in [6, 6.07) is 19.2. The molecule has 0 aliphatic heterocycles. The van der Waals surface area contributed by atoms with Crippen LogP contribution in [0.3, 0.4) is 0 Å². The Hall–Kier alpha value is -4.08. The lowest BCUT2D eigenvalue weighted by Crippen LogP contribution is -2.34. The average Bonchev–Trinajstić information content (AvgIpc) is 2.79. The van der Waals surface area contributed by atoms with Crippen molar-refractivity contribution in [2.75, 3.05) is 5.32 Å². The molecule has 0 saturated carbocycles. The highest BCUT2D eigenvalue weighted by atomic mass is 35.5. The SMILES string of the molecule is O=C(NC(=S)Nc1ccc(-c2cc3ccccc3oc2=O)c(Cl)c1)c1ccccc1[N+](=O)[O-]. The lowest BCUT2D eigenvalue weighted by Gasteiger charge is -2.11. The van der Waals surface area contributed by atoms with E-state index in [1.807, 2.05) is 12.1 Å². The van der Waals surface area contributed by atoms with Crippen LogP contribution in [0.25, 0.3) is 22.1 Å². The Labute approximate surface area is 196 Å². The summed E-state index contributed by atoms with van der Waals surface area (Å²) >= 11 is 11.5. The number of nitro benzene ring substituents is 1. The zero-order valence-corrected chi connectivity index (χ0v) is 18.3. The van der Waals surface area contributed by atoms with Gasteiger partial charge in [0.2, 0.25) is 0 Å². The fourth-order valence-corrected chi connectivity index (χ4v) is 3.71. The summed E-state index contributed by atoms with van der Waals surface area (Å²) in [5.74, 6) is -0.726. The molecular weight excluding hydrogens is 466 g/mol. The zero-order valence-electron chi connectivity index (χ0n) is 16.7. The van der Waals surface area contributed by atoms with Crippen molar-refractivity contribution in [3.63, 3.8) is 0 Å². The topological polar surface area (TPSA) is 114 Å². The number of rotatable bonds is 4. The normalized spacial score (nSPS) is 10.6. The fraction of sp³-hybridized carbons (Fsp3) is 0. The van der Waals surface area contributed by atoms with Crippen molar-refractivity contribution >= 4 is 57.2 Å². The van der Waals surface area contributed by atoms with E-state index in [2.05, 4.69) is 10.6 Å². The summed E-state index contributed by atoms with van der Waals surface area (Å²) in [6.45, 7) is 0. The predicted molar refractivity (Wildman–Crippen MR) is 130 cm³/mol. The van der Waals surface area contributed by atoms with Crippen LogP contribution in [-0.4, -0.2) is 15.9 Å². The second-order valence-corrected chi connectivity index (χ2v) is 7.68. The van der Waals surface area contributed by atoms with E-state index in [0.717, 1.165) is 5.39 Å². The van der Waals surface area contributed by atoms with Crippen molar-refractivity contribution in [1.82, 2.24) is 5.32 Å². The summed E-state index contributed by atoms with van der Waals surface area (Å²) in [7, 11) is 0. The highest BCUT2D eigenvalue weighted by Crippen LogP contribution is 2.30. The van der Waals surface area contributed by atoms with Gasteiger partial charge in [-0.15, -0.1) is 0 Å². The quantitative estimate of drug-likeness (QED) is 0.180.